The van der Waals surface area contributed by atoms with E-state index < -0.39 is 0 Å². The molecule has 0 spiro atoms. The zero-order valence-corrected chi connectivity index (χ0v) is 19.5. The van der Waals surface area contributed by atoms with Crippen molar-refractivity contribution in [2.45, 2.75) is 16.1 Å². The molecule has 8 heteroatoms. The SMILES string of the molecule is O=C(Nc1ccc(N2C(=O)[C@@H]3[C@@H]4C[C@H]([C@H](Br)[C@@H]4Br)[C@@H]3C2=O)cc1Cl)c1ccccc1. The van der Waals surface area contributed by atoms with Crippen LogP contribution < -0.4 is 10.2 Å². The molecule has 2 aliphatic carbocycles. The number of benzene rings is 2. The average Bonchev–Trinajstić information content (AvgIpc) is 3.35. The number of nitrogens with one attached hydrogen (secondary N) is 1. The Labute approximate surface area is 195 Å². The summed E-state index contributed by atoms with van der Waals surface area (Å²) in [6.45, 7) is 0. The monoisotopic (exact) mass is 550 g/mol. The topological polar surface area (TPSA) is 66.5 Å². The van der Waals surface area contributed by atoms with E-state index in [-0.39, 0.29) is 56.1 Å². The van der Waals surface area contributed by atoms with E-state index in [4.69, 9.17) is 11.6 Å². The number of amides is 3. The molecule has 1 aliphatic heterocycles. The van der Waals surface area contributed by atoms with Crippen LogP contribution in [-0.4, -0.2) is 27.4 Å². The highest BCUT2D eigenvalue weighted by Crippen LogP contribution is 2.60. The summed E-state index contributed by atoms with van der Waals surface area (Å²) >= 11 is 13.8. The van der Waals surface area contributed by atoms with Crippen LogP contribution in [-0.2, 0) is 9.59 Å². The van der Waals surface area contributed by atoms with Gasteiger partial charge in [0.25, 0.3) is 5.91 Å². The number of halogens is 3. The molecule has 5 rings (SSSR count). The first-order valence-electron chi connectivity index (χ1n) is 9.70. The van der Waals surface area contributed by atoms with E-state index in [0.29, 0.717) is 16.9 Å². The number of nitrogens with zero attached hydrogens (tertiary/aromatic N) is 1. The van der Waals surface area contributed by atoms with Gasteiger partial charge in [-0.05, 0) is 48.6 Å². The highest BCUT2D eigenvalue weighted by molar-refractivity contribution is 9.12. The van der Waals surface area contributed by atoms with Gasteiger partial charge in [0, 0.05) is 15.2 Å². The molecule has 0 radical (unpaired) electrons. The van der Waals surface area contributed by atoms with E-state index in [1.165, 1.54) is 4.90 Å². The third-order valence-electron chi connectivity index (χ3n) is 6.48. The highest BCUT2D eigenvalue weighted by atomic mass is 79.9. The second-order valence-electron chi connectivity index (χ2n) is 8.00. The highest BCUT2D eigenvalue weighted by Gasteiger charge is 2.66. The Kier molecular flexibility index (Phi) is 5.03. The number of imide groups is 1. The lowest BCUT2D eigenvalue weighted by molar-refractivity contribution is -0.123. The molecule has 6 atom stereocenters. The molecule has 3 amide bonds. The van der Waals surface area contributed by atoms with Crippen LogP contribution in [0, 0.1) is 23.7 Å². The molecule has 0 aromatic heterocycles. The lowest BCUT2D eigenvalue weighted by Crippen LogP contribution is -2.37. The number of rotatable bonds is 3. The Bertz CT molecular complexity index is 1030. The van der Waals surface area contributed by atoms with Crippen molar-refractivity contribution in [2.24, 2.45) is 23.7 Å². The van der Waals surface area contributed by atoms with Gasteiger partial charge in [0.05, 0.1) is 28.2 Å². The van der Waals surface area contributed by atoms with Crippen LogP contribution in [0.2, 0.25) is 5.02 Å². The van der Waals surface area contributed by atoms with Crippen molar-refractivity contribution in [2.75, 3.05) is 10.2 Å². The Morgan fingerprint density at radius 2 is 1.57 bits per heavy atom. The minimum Gasteiger partial charge on any atom is -0.321 e. The number of carbonyl (C=O) groups excluding carboxylic acids is 3. The summed E-state index contributed by atoms with van der Waals surface area (Å²) in [5.41, 5.74) is 1.38. The second-order valence-corrected chi connectivity index (χ2v) is 10.5. The van der Waals surface area contributed by atoms with Gasteiger partial charge in [-0.3, -0.25) is 14.4 Å². The Morgan fingerprint density at radius 1 is 0.967 bits per heavy atom. The van der Waals surface area contributed by atoms with Gasteiger partial charge in [-0.15, -0.1) is 0 Å². The zero-order valence-electron chi connectivity index (χ0n) is 15.6. The smallest absolute Gasteiger partial charge is 0.255 e. The predicted molar refractivity (Wildman–Crippen MR) is 122 cm³/mol. The number of alkyl halides is 2. The fourth-order valence-electron chi connectivity index (χ4n) is 5.13. The second kappa shape index (κ2) is 7.46. The van der Waals surface area contributed by atoms with Gasteiger partial charge in [0.2, 0.25) is 11.8 Å². The Morgan fingerprint density at radius 3 is 2.13 bits per heavy atom. The van der Waals surface area contributed by atoms with Gasteiger partial charge < -0.3 is 5.32 Å². The minimum absolute atomic E-state index is 0.154. The molecule has 2 bridgehead atoms. The van der Waals surface area contributed by atoms with Crippen molar-refractivity contribution in [3.05, 3.63) is 59.1 Å². The van der Waals surface area contributed by atoms with Gasteiger partial charge >= 0.3 is 0 Å². The van der Waals surface area contributed by atoms with E-state index in [9.17, 15) is 14.4 Å². The molecule has 5 nitrogen and oxygen atoms in total. The fraction of sp³-hybridized carbons (Fsp3) is 0.318. The average molecular weight is 553 g/mol. The maximum atomic E-state index is 13.2. The van der Waals surface area contributed by atoms with Crippen molar-refractivity contribution >= 4 is 72.6 Å². The van der Waals surface area contributed by atoms with E-state index >= 15 is 0 Å². The van der Waals surface area contributed by atoms with Gasteiger partial charge in [0.15, 0.2) is 0 Å². The normalized spacial score (nSPS) is 31.9. The number of fused-ring (bicyclic) bond motifs is 5. The first-order valence-corrected chi connectivity index (χ1v) is 11.9. The molecule has 3 aliphatic rings. The molecule has 2 aromatic rings. The maximum Gasteiger partial charge on any atom is 0.255 e. The van der Waals surface area contributed by atoms with Gasteiger partial charge in [-0.1, -0.05) is 61.7 Å². The number of hydrogen-bond acceptors (Lipinski definition) is 3. The molecule has 0 unspecified atom stereocenters. The third kappa shape index (κ3) is 2.97. The summed E-state index contributed by atoms with van der Waals surface area (Å²) in [6.07, 6.45) is 0.887. The van der Waals surface area contributed by atoms with Crippen LogP contribution in [0.25, 0.3) is 0 Å². The molecular weight excluding hydrogens is 536 g/mol. The van der Waals surface area contributed by atoms with Crippen LogP contribution in [0.4, 0.5) is 11.4 Å². The lowest BCUT2D eigenvalue weighted by Gasteiger charge is -2.28. The van der Waals surface area contributed by atoms with Crippen LogP contribution in [0.15, 0.2) is 48.5 Å². The summed E-state index contributed by atoms with van der Waals surface area (Å²) < 4.78 is 0. The molecule has 1 heterocycles. The van der Waals surface area contributed by atoms with Crippen molar-refractivity contribution in [1.29, 1.82) is 0 Å². The standard InChI is InChI=1S/C22H17Br2ClN2O3/c23-18-12-9-13(19(18)24)17-16(12)21(29)27(22(17)30)11-6-7-15(14(25)8-11)26-20(28)10-4-2-1-3-5-10/h1-8,12-13,16-19H,9H2,(H,26,28)/t12-,13-,16-,17+,18-,19+/m0/s1. The van der Waals surface area contributed by atoms with E-state index in [0.717, 1.165) is 6.42 Å². The zero-order chi connectivity index (χ0) is 21.2. The van der Waals surface area contributed by atoms with Crippen LogP contribution in [0.1, 0.15) is 16.8 Å². The molecular formula is C22H17Br2ClN2O3. The molecule has 154 valence electrons. The summed E-state index contributed by atoms with van der Waals surface area (Å²) in [7, 11) is 0. The summed E-state index contributed by atoms with van der Waals surface area (Å²) in [5.74, 6) is -0.835. The van der Waals surface area contributed by atoms with Crippen molar-refractivity contribution in [3.63, 3.8) is 0 Å². The van der Waals surface area contributed by atoms with E-state index in [2.05, 4.69) is 37.2 Å². The van der Waals surface area contributed by atoms with Gasteiger partial charge in [-0.2, -0.15) is 0 Å². The molecule has 2 saturated carbocycles. The number of anilines is 2. The van der Waals surface area contributed by atoms with Crippen LogP contribution in [0.3, 0.4) is 0 Å². The first-order chi connectivity index (χ1) is 14.4. The summed E-state index contributed by atoms with van der Waals surface area (Å²) in [4.78, 5) is 40.4. The molecule has 2 aromatic carbocycles. The van der Waals surface area contributed by atoms with Crippen molar-refractivity contribution in [1.82, 2.24) is 0 Å². The molecule has 1 N–H and O–H groups in total. The quantitative estimate of drug-likeness (QED) is 0.436. The lowest BCUT2D eigenvalue weighted by atomic mass is 9.81. The third-order valence-corrected chi connectivity index (χ3v) is 10.0. The summed E-state index contributed by atoms with van der Waals surface area (Å²) in [5, 5.41) is 3.04. The molecule has 1 saturated heterocycles. The number of carbonyl (C=O) groups is 3. The Hall–Kier alpha value is -1.70. The largest absolute Gasteiger partial charge is 0.321 e. The van der Waals surface area contributed by atoms with Crippen molar-refractivity contribution in [3.8, 4) is 0 Å². The molecule has 3 fully saturated rings. The first kappa shape index (κ1) is 20.2. The number of hydrogen-bond donors (Lipinski definition) is 1. The maximum absolute atomic E-state index is 13.2. The van der Waals surface area contributed by atoms with Gasteiger partial charge in [0.1, 0.15) is 0 Å². The fourth-order valence-corrected chi connectivity index (χ4v) is 7.23. The Balaban J connectivity index is 1.39. The van der Waals surface area contributed by atoms with E-state index in [1.807, 2.05) is 6.07 Å². The van der Waals surface area contributed by atoms with Crippen molar-refractivity contribution < 1.29 is 14.4 Å². The molecule has 30 heavy (non-hydrogen) atoms. The minimum atomic E-state index is -0.281. The van der Waals surface area contributed by atoms with Gasteiger partial charge in [-0.25, -0.2) is 4.90 Å². The van der Waals surface area contributed by atoms with E-state index in [1.54, 1.807) is 42.5 Å². The summed E-state index contributed by atoms with van der Waals surface area (Å²) in [6, 6.07) is 13.7. The van der Waals surface area contributed by atoms with Crippen LogP contribution in [0.5, 0.6) is 0 Å². The van der Waals surface area contributed by atoms with Crippen LogP contribution >= 0.6 is 43.5 Å². The predicted octanol–water partition coefficient (Wildman–Crippen LogP) is 4.87.